The Morgan fingerprint density at radius 2 is 1.27 bits per heavy atom. The summed E-state index contributed by atoms with van der Waals surface area (Å²) in [6, 6.07) is 4.17. The quantitative estimate of drug-likeness (QED) is 0.117. The van der Waals surface area contributed by atoms with Gasteiger partial charge < -0.3 is 99.2 Å². The molecule has 3 saturated heterocycles. The van der Waals surface area contributed by atoms with E-state index in [4.69, 9.17) is 37.9 Å². The Morgan fingerprint density at radius 1 is 0.673 bits per heavy atom. The van der Waals surface area contributed by atoms with Gasteiger partial charge in [0.2, 0.25) is 17.8 Å². The fourth-order valence-electron chi connectivity index (χ4n) is 6.77. The molecule has 0 aromatic heterocycles. The summed E-state index contributed by atoms with van der Waals surface area (Å²) in [6.07, 6.45) is -28.3. The van der Waals surface area contributed by atoms with Crippen molar-refractivity contribution in [1.82, 2.24) is 0 Å². The highest BCUT2D eigenvalue weighted by molar-refractivity contribution is 6.05. The zero-order chi connectivity index (χ0) is 40.2. The van der Waals surface area contributed by atoms with Crippen molar-refractivity contribution in [3.8, 4) is 34.5 Å². The number of carbonyl (C=O) groups is 1. The second-order valence-electron chi connectivity index (χ2n) is 13.7. The summed E-state index contributed by atoms with van der Waals surface area (Å²) in [5.41, 5.74) is -0.540. The molecule has 2 aromatic rings. The number of benzene rings is 2. The molecule has 0 spiro atoms. The van der Waals surface area contributed by atoms with Crippen LogP contribution in [0.1, 0.15) is 35.9 Å². The Kier molecular flexibility index (Phi) is 12.0. The van der Waals surface area contributed by atoms with Crippen LogP contribution in [0.2, 0.25) is 0 Å². The average molecular weight is 789 g/mol. The summed E-state index contributed by atoms with van der Waals surface area (Å²) < 4.78 is 45.8. The van der Waals surface area contributed by atoms with Gasteiger partial charge in [-0.15, -0.1) is 0 Å². The number of aliphatic hydroxyl groups excluding tert-OH is 9. The molecular formula is C34H44O21. The molecule has 21 heteroatoms. The van der Waals surface area contributed by atoms with E-state index in [1.165, 1.54) is 19.9 Å². The second kappa shape index (κ2) is 16.1. The number of hydrogen-bond donors (Lipinski definition) is 12. The maximum atomic E-state index is 14.3. The first-order chi connectivity index (χ1) is 26.0. The van der Waals surface area contributed by atoms with Gasteiger partial charge in [0.05, 0.1) is 25.9 Å². The smallest absolute Gasteiger partial charge is 0.229 e. The van der Waals surface area contributed by atoms with Gasteiger partial charge in [-0.1, -0.05) is 0 Å². The molecule has 3 fully saturated rings. The summed E-state index contributed by atoms with van der Waals surface area (Å²) in [7, 11) is 1.16. The number of phenols is 3. The van der Waals surface area contributed by atoms with Gasteiger partial charge in [0, 0.05) is 17.7 Å². The lowest BCUT2D eigenvalue weighted by molar-refractivity contribution is -0.366. The predicted molar refractivity (Wildman–Crippen MR) is 175 cm³/mol. The van der Waals surface area contributed by atoms with Crippen LogP contribution in [-0.4, -0.2) is 179 Å². The van der Waals surface area contributed by atoms with Crippen LogP contribution in [0.5, 0.6) is 34.5 Å². The van der Waals surface area contributed by atoms with Crippen LogP contribution in [0.25, 0.3) is 0 Å². The molecule has 4 aliphatic heterocycles. The molecule has 6 rings (SSSR count). The highest BCUT2D eigenvalue weighted by Crippen LogP contribution is 2.47. The first-order valence-electron chi connectivity index (χ1n) is 17.1. The number of hydrogen-bond acceptors (Lipinski definition) is 21. The van der Waals surface area contributed by atoms with Gasteiger partial charge in [-0.25, -0.2) is 0 Å². The van der Waals surface area contributed by atoms with Gasteiger partial charge >= 0.3 is 0 Å². The Morgan fingerprint density at radius 3 is 1.93 bits per heavy atom. The Bertz CT molecular complexity index is 1690. The van der Waals surface area contributed by atoms with Crippen molar-refractivity contribution < 1.29 is 104 Å². The molecule has 0 amide bonds. The maximum Gasteiger partial charge on any atom is 0.229 e. The molecule has 2 aromatic carbocycles. The van der Waals surface area contributed by atoms with Crippen molar-refractivity contribution in [1.29, 1.82) is 0 Å². The maximum absolute atomic E-state index is 14.3. The summed E-state index contributed by atoms with van der Waals surface area (Å²) in [5.74, 6) is -4.03. The Balaban J connectivity index is 1.39. The number of methoxy groups -OCH3 is 1. The van der Waals surface area contributed by atoms with Crippen LogP contribution in [0.4, 0.5) is 0 Å². The number of phenolic OH excluding ortho intramolecular Hbond substituents is 3. The Labute approximate surface area is 311 Å². The number of fused-ring (bicyclic) bond motifs is 1. The number of ketones is 1. The van der Waals surface area contributed by atoms with E-state index >= 15 is 0 Å². The van der Waals surface area contributed by atoms with E-state index < -0.39 is 145 Å². The monoisotopic (exact) mass is 788 g/mol. The summed E-state index contributed by atoms with van der Waals surface area (Å²) in [6.45, 7) is 1.95. The van der Waals surface area contributed by atoms with Crippen molar-refractivity contribution >= 4 is 5.78 Å². The summed E-state index contributed by atoms with van der Waals surface area (Å²) in [4.78, 5) is 14.3. The van der Waals surface area contributed by atoms with E-state index in [1.54, 1.807) is 0 Å². The average Bonchev–Trinajstić information content (AvgIpc) is 3.14. The minimum Gasteiger partial charge on any atom is -0.508 e. The van der Waals surface area contributed by atoms with E-state index in [-0.39, 0.29) is 17.1 Å². The third-order valence-corrected chi connectivity index (χ3v) is 9.97. The van der Waals surface area contributed by atoms with Crippen molar-refractivity contribution in [3.05, 3.63) is 35.4 Å². The van der Waals surface area contributed by atoms with Crippen LogP contribution in [0, 0.1) is 0 Å². The van der Waals surface area contributed by atoms with E-state index in [0.29, 0.717) is 0 Å². The lowest BCUT2D eigenvalue weighted by Crippen LogP contribution is -2.64. The highest BCUT2D eigenvalue weighted by Gasteiger charge is 2.53. The number of ether oxygens (including phenoxy) is 8. The molecule has 0 aliphatic carbocycles. The minimum atomic E-state index is -1.91. The van der Waals surface area contributed by atoms with E-state index in [2.05, 4.69) is 0 Å². The first kappa shape index (κ1) is 41.0. The normalized spacial score (nSPS) is 40.6. The van der Waals surface area contributed by atoms with Gasteiger partial charge in [0.1, 0.15) is 83.9 Å². The number of carbonyl (C=O) groups excluding carboxylic acids is 1. The van der Waals surface area contributed by atoms with E-state index in [0.717, 1.165) is 25.3 Å². The van der Waals surface area contributed by atoms with Crippen LogP contribution in [0.15, 0.2) is 24.3 Å². The molecule has 306 valence electrons. The fourth-order valence-corrected chi connectivity index (χ4v) is 6.77. The lowest BCUT2D eigenvalue weighted by Gasteiger charge is -2.46. The lowest BCUT2D eigenvalue weighted by atomic mass is 9.91. The third kappa shape index (κ3) is 7.61. The topological polar surface area (TPSA) is 334 Å². The zero-order valence-corrected chi connectivity index (χ0v) is 29.4. The van der Waals surface area contributed by atoms with Gasteiger partial charge in [-0.05, 0) is 26.0 Å². The third-order valence-electron chi connectivity index (χ3n) is 9.97. The fraction of sp³-hybridized carbons (Fsp3) is 0.618. The van der Waals surface area contributed by atoms with E-state index in [9.17, 15) is 66.1 Å². The van der Waals surface area contributed by atoms with E-state index in [1.807, 2.05) is 0 Å². The molecule has 21 nitrogen and oxygen atoms in total. The molecule has 0 bridgehead atoms. The predicted octanol–water partition coefficient (Wildman–Crippen LogP) is -3.63. The highest BCUT2D eigenvalue weighted by atomic mass is 16.8. The molecular weight excluding hydrogens is 744 g/mol. The van der Waals surface area contributed by atoms with Gasteiger partial charge in [0.15, 0.2) is 36.3 Å². The molecule has 0 saturated carbocycles. The molecule has 17 atom stereocenters. The minimum absolute atomic E-state index is 0.0834. The standard InChI is InChI=1S/C34H44O21/c1-9-19(38)24(43)27(46)32(49-9)55-31-26(45)20(39)10(2)50-34(31)54-30-23(42)18-13(37)6-12(36)7-14(18)51-29(30)11-4-15(48-3)21(40)16(5-11)52-33-28(47)25(44)22(41)17(8-35)53-33/h4-7,9-10,17,19-20,22,24-41,43-47H,8H2,1-3H3/t9-,10-,17+,19-,20-,22-,24+,25-,26+,27+,28+,29?,30?,31+,32-,33+,34-/m0/s1. The van der Waals surface area contributed by atoms with Crippen molar-refractivity contribution in [2.75, 3.05) is 13.7 Å². The zero-order valence-electron chi connectivity index (χ0n) is 29.4. The SMILES string of the molecule is COc1cc(C2Oc3cc(O)cc(O)c3C(=O)C2O[C@@H]2O[C@@H](C)[C@H](O)[C@@H](O)[C@H]2O[C@@H]2O[C@@H](C)[C@H](O)[C@@H](O)[C@H]2O)cc(O[C@@H]2O[C@H](CO)[C@H](O)[C@H](O)[C@H]2O)c1O. The van der Waals surface area contributed by atoms with Gasteiger partial charge in [-0.3, -0.25) is 4.79 Å². The number of aromatic hydroxyl groups is 3. The molecule has 12 N–H and O–H groups in total. The molecule has 0 radical (unpaired) electrons. The second-order valence-corrected chi connectivity index (χ2v) is 13.7. The molecule has 55 heavy (non-hydrogen) atoms. The number of rotatable bonds is 9. The van der Waals surface area contributed by atoms with Crippen molar-refractivity contribution in [2.24, 2.45) is 0 Å². The first-order valence-corrected chi connectivity index (χ1v) is 17.1. The molecule has 4 aliphatic rings. The largest absolute Gasteiger partial charge is 0.508 e. The molecule has 4 heterocycles. The molecule has 2 unspecified atom stereocenters. The van der Waals surface area contributed by atoms with Crippen LogP contribution in [0.3, 0.4) is 0 Å². The van der Waals surface area contributed by atoms with Crippen molar-refractivity contribution in [2.45, 2.75) is 118 Å². The van der Waals surface area contributed by atoms with Crippen LogP contribution < -0.4 is 14.2 Å². The van der Waals surface area contributed by atoms with Gasteiger partial charge in [0.25, 0.3) is 0 Å². The summed E-state index contributed by atoms with van der Waals surface area (Å²) >= 11 is 0. The number of Topliss-reactive ketones (excluding diaryl/α,β-unsaturated/α-hetero) is 1. The Hall–Kier alpha value is -3.65. The number of aliphatic hydroxyl groups is 9. The van der Waals surface area contributed by atoms with Crippen LogP contribution in [-0.2, 0) is 23.7 Å². The van der Waals surface area contributed by atoms with Gasteiger partial charge in [-0.2, -0.15) is 0 Å². The summed E-state index contributed by atoms with van der Waals surface area (Å²) in [5, 5.41) is 126. The van der Waals surface area contributed by atoms with Crippen LogP contribution >= 0.6 is 0 Å². The van der Waals surface area contributed by atoms with Crippen molar-refractivity contribution in [3.63, 3.8) is 0 Å².